The minimum Gasteiger partial charge on any atom is -0.301 e. The number of thioether (sulfide) groups is 1. The Kier molecular flexibility index (Phi) is 4.54. The van der Waals surface area contributed by atoms with E-state index < -0.39 is 17.9 Å². The molecule has 1 atom stereocenters. The first-order valence-electron chi connectivity index (χ1n) is 8.20. The monoisotopic (exact) mass is 467 g/mol. The Labute approximate surface area is 171 Å². The van der Waals surface area contributed by atoms with Gasteiger partial charge >= 0.3 is 12.2 Å². The van der Waals surface area contributed by atoms with E-state index in [0.717, 1.165) is 21.8 Å². The zero-order valence-electron chi connectivity index (χ0n) is 14.4. The van der Waals surface area contributed by atoms with E-state index in [4.69, 9.17) is 0 Å². The van der Waals surface area contributed by atoms with Crippen molar-refractivity contribution >= 4 is 44.6 Å². The number of nitrogens with one attached hydrogen (secondary N) is 1. The number of urea groups is 1. The molecular weight excluding hydrogens is 455 g/mol. The van der Waals surface area contributed by atoms with E-state index >= 15 is 0 Å². The first kappa shape index (κ1) is 19.1. The van der Waals surface area contributed by atoms with Gasteiger partial charge in [0.15, 0.2) is 5.17 Å². The molecule has 28 heavy (non-hydrogen) atoms. The molecule has 1 unspecified atom stereocenters. The lowest BCUT2D eigenvalue weighted by molar-refractivity contribution is -0.196. The maximum absolute atomic E-state index is 14.1. The molecule has 2 aromatic rings. The van der Waals surface area contributed by atoms with Crippen LogP contribution in [0.15, 0.2) is 63.4 Å². The summed E-state index contributed by atoms with van der Waals surface area (Å²) in [6.45, 7) is 1.78. The van der Waals surface area contributed by atoms with Crippen molar-refractivity contribution in [2.45, 2.75) is 18.8 Å². The molecule has 0 bridgehead atoms. The summed E-state index contributed by atoms with van der Waals surface area (Å²) in [5.41, 5.74) is -0.963. The number of amides is 2. The molecule has 0 saturated carbocycles. The van der Waals surface area contributed by atoms with Gasteiger partial charge in [-0.05, 0) is 24.6 Å². The van der Waals surface area contributed by atoms with Crippen LogP contribution >= 0.6 is 27.7 Å². The van der Waals surface area contributed by atoms with Gasteiger partial charge in [-0.1, -0.05) is 69.7 Å². The number of benzene rings is 2. The number of amidine groups is 1. The van der Waals surface area contributed by atoms with Crippen molar-refractivity contribution in [2.24, 2.45) is 4.99 Å². The molecule has 2 amide bonds. The second-order valence-corrected chi connectivity index (χ2v) is 8.11. The Hall–Kier alpha value is -2.26. The Balaban J connectivity index is 1.80. The van der Waals surface area contributed by atoms with E-state index in [1.165, 1.54) is 17.0 Å². The third-order valence-corrected chi connectivity index (χ3v) is 5.84. The number of nitrogens with zero attached hydrogens (tertiary/aromatic N) is 2. The van der Waals surface area contributed by atoms with Gasteiger partial charge in [0.25, 0.3) is 5.66 Å². The van der Waals surface area contributed by atoms with Gasteiger partial charge < -0.3 is 5.32 Å². The Morgan fingerprint density at radius 3 is 2.36 bits per heavy atom. The number of rotatable bonds is 2. The summed E-state index contributed by atoms with van der Waals surface area (Å²) in [5.74, 6) is 0. The Bertz CT molecular complexity index is 1000. The lowest BCUT2D eigenvalue weighted by Gasteiger charge is -2.39. The van der Waals surface area contributed by atoms with Gasteiger partial charge in [0.2, 0.25) is 0 Å². The number of carbonyl (C=O) groups is 1. The van der Waals surface area contributed by atoms with E-state index in [-0.39, 0.29) is 10.7 Å². The maximum atomic E-state index is 14.1. The molecule has 4 rings (SSSR count). The molecule has 2 aliphatic heterocycles. The highest BCUT2D eigenvalue weighted by Crippen LogP contribution is 2.46. The highest BCUT2D eigenvalue weighted by Gasteiger charge is 2.61. The van der Waals surface area contributed by atoms with E-state index in [1.807, 2.05) is 0 Å². The van der Waals surface area contributed by atoms with Crippen LogP contribution in [0.1, 0.15) is 16.7 Å². The first-order chi connectivity index (χ1) is 13.2. The molecule has 0 aliphatic carbocycles. The van der Waals surface area contributed by atoms with Gasteiger partial charge in [-0.15, -0.1) is 0 Å². The molecule has 4 nitrogen and oxygen atoms in total. The number of carbonyl (C=O) groups excluding carboxylic acids is 1. The van der Waals surface area contributed by atoms with Crippen LogP contribution < -0.4 is 5.32 Å². The second kappa shape index (κ2) is 6.66. The number of alkyl halides is 3. The summed E-state index contributed by atoms with van der Waals surface area (Å²) in [6.07, 6.45) is -4.81. The van der Waals surface area contributed by atoms with Crippen molar-refractivity contribution < 1.29 is 18.0 Å². The van der Waals surface area contributed by atoms with Crippen LogP contribution in [0.4, 0.5) is 18.0 Å². The van der Waals surface area contributed by atoms with Crippen LogP contribution in [0, 0.1) is 6.92 Å². The fourth-order valence-electron chi connectivity index (χ4n) is 3.02. The van der Waals surface area contributed by atoms with Crippen molar-refractivity contribution in [2.75, 3.05) is 0 Å². The summed E-state index contributed by atoms with van der Waals surface area (Å²) in [7, 11) is 0. The molecule has 0 radical (unpaired) electrons. The number of fused-ring (bicyclic) bond motifs is 1. The highest BCUT2D eigenvalue weighted by atomic mass is 79.9. The summed E-state index contributed by atoms with van der Waals surface area (Å²) in [5, 5.41) is 3.71. The molecule has 2 aliphatic rings. The average Bonchev–Trinajstić information content (AvgIpc) is 3.06. The molecular formula is C19H13BrF3N3OS. The van der Waals surface area contributed by atoms with Gasteiger partial charge in [-0.2, -0.15) is 13.2 Å². The van der Waals surface area contributed by atoms with Gasteiger partial charge in [0.05, 0.1) is 5.70 Å². The van der Waals surface area contributed by atoms with Crippen LogP contribution in [0.5, 0.6) is 0 Å². The minimum absolute atomic E-state index is 0.0143. The SMILES string of the molecule is Cc1ccc(C2(C(F)(F)F)N=C3SC=C(c4ccc(Br)cc4)N3C(=O)N2)cc1. The zero-order chi connectivity index (χ0) is 20.1. The molecule has 0 aromatic heterocycles. The summed E-state index contributed by atoms with van der Waals surface area (Å²) < 4.78 is 43.2. The lowest BCUT2D eigenvalue weighted by atomic mass is 9.97. The third kappa shape index (κ3) is 3.02. The van der Waals surface area contributed by atoms with Crippen molar-refractivity contribution in [1.29, 1.82) is 0 Å². The van der Waals surface area contributed by atoms with E-state index in [2.05, 4.69) is 26.2 Å². The molecule has 0 fully saturated rings. The Morgan fingerprint density at radius 2 is 1.75 bits per heavy atom. The van der Waals surface area contributed by atoms with Gasteiger partial charge in [0, 0.05) is 15.4 Å². The number of hydrogen-bond acceptors (Lipinski definition) is 3. The maximum Gasteiger partial charge on any atom is 0.436 e. The Morgan fingerprint density at radius 1 is 1.11 bits per heavy atom. The number of hydrogen-bond donors (Lipinski definition) is 1. The smallest absolute Gasteiger partial charge is 0.301 e. The molecule has 0 spiro atoms. The minimum atomic E-state index is -4.81. The highest BCUT2D eigenvalue weighted by molar-refractivity contribution is 9.10. The predicted molar refractivity (Wildman–Crippen MR) is 106 cm³/mol. The molecule has 0 saturated heterocycles. The van der Waals surface area contributed by atoms with Crippen molar-refractivity contribution in [3.05, 3.63) is 75.1 Å². The molecule has 2 aromatic carbocycles. The molecule has 2 heterocycles. The normalized spacial score (nSPS) is 21.8. The third-order valence-electron chi connectivity index (χ3n) is 4.48. The van der Waals surface area contributed by atoms with Crippen LogP contribution in [0.25, 0.3) is 5.70 Å². The summed E-state index contributed by atoms with van der Waals surface area (Å²) >= 11 is 4.33. The van der Waals surface area contributed by atoms with E-state index in [9.17, 15) is 18.0 Å². The van der Waals surface area contributed by atoms with Crippen molar-refractivity contribution in [3.63, 3.8) is 0 Å². The topological polar surface area (TPSA) is 44.7 Å². The number of aliphatic imine (C=N–C) groups is 1. The van der Waals surface area contributed by atoms with Crippen LogP contribution in [0.3, 0.4) is 0 Å². The second-order valence-electron chi connectivity index (χ2n) is 6.36. The lowest BCUT2D eigenvalue weighted by Crippen LogP contribution is -2.61. The molecule has 1 N–H and O–H groups in total. The van der Waals surface area contributed by atoms with Crippen LogP contribution in [-0.2, 0) is 5.66 Å². The quantitative estimate of drug-likeness (QED) is 0.624. The van der Waals surface area contributed by atoms with Gasteiger partial charge in [-0.25, -0.2) is 14.7 Å². The largest absolute Gasteiger partial charge is 0.436 e. The fraction of sp³-hybridized carbons (Fsp3) is 0.158. The summed E-state index contributed by atoms with van der Waals surface area (Å²) in [6, 6.07) is 12.1. The molecule has 9 heteroatoms. The van der Waals surface area contributed by atoms with Crippen molar-refractivity contribution in [3.8, 4) is 0 Å². The molecule has 144 valence electrons. The summed E-state index contributed by atoms with van der Waals surface area (Å²) in [4.78, 5) is 17.9. The number of halogens is 4. The predicted octanol–water partition coefficient (Wildman–Crippen LogP) is 5.60. The first-order valence-corrected chi connectivity index (χ1v) is 9.87. The fourth-order valence-corrected chi connectivity index (χ4v) is 4.22. The van der Waals surface area contributed by atoms with Gasteiger partial charge in [0.1, 0.15) is 0 Å². The van der Waals surface area contributed by atoms with Crippen molar-refractivity contribution in [1.82, 2.24) is 10.2 Å². The van der Waals surface area contributed by atoms with E-state index in [1.54, 1.807) is 48.7 Å². The number of aryl methyl sites for hydroxylation is 1. The average molecular weight is 468 g/mol. The van der Waals surface area contributed by atoms with Crippen LogP contribution in [-0.4, -0.2) is 22.3 Å². The zero-order valence-corrected chi connectivity index (χ0v) is 16.8. The van der Waals surface area contributed by atoms with E-state index in [0.29, 0.717) is 11.3 Å². The van der Waals surface area contributed by atoms with Crippen LogP contribution in [0.2, 0.25) is 0 Å². The standard InChI is InChI=1S/C19H13BrF3N3OS/c1-11-2-6-13(7-3-11)18(19(21,22)23)24-16(27)26-15(10-28-17(26)25-18)12-4-8-14(20)9-5-12/h2-10H,1H3,(H,24,27). The van der Waals surface area contributed by atoms with Gasteiger partial charge in [-0.3, -0.25) is 0 Å².